The van der Waals surface area contributed by atoms with Crippen LogP contribution in [0.1, 0.15) is 13.8 Å². The van der Waals surface area contributed by atoms with Crippen molar-refractivity contribution in [1.29, 1.82) is 0 Å². The summed E-state index contributed by atoms with van der Waals surface area (Å²) in [7, 11) is 0. The number of carbonyl (C=O) groups is 1. The Bertz CT molecular complexity index is 268. The Labute approximate surface area is 76.1 Å². The second-order valence-electron chi connectivity index (χ2n) is 3.20. The standard InChI is InChI=1S/C7H13N5O/c1-5(2)7(8)6(13)3-12-10-4-9-11-12/h4-5,7H,3,8H2,1-2H3. The van der Waals surface area contributed by atoms with E-state index >= 15 is 0 Å². The topological polar surface area (TPSA) is 86.7 Å². The van der Waals surface area contributed by atoms with Crippen LogP contribution in [0, 0.1) is 5.92 Å². The molecule has 6 heteroatoms. The van der Waals surface area contributed by atoms with E-state index in [1.165, 1.54) is 11.1 Å². The van der Waals surface area contributed by atoms with Crippen molar-refractivity contribution < 1.29 is 4.79 Å². The summed E-state index contributed by atoms with van der Waals surface area (Å²) in [5.41, 5.74) is 5.64. The van der Waals surface area contributed by atoms with E-state index in [4.69, 9.17) is 5.73 Å². The maximum Gasteiger partial charge on any atom is 0.173 e. The smallest absolute Gasteiger partial charge is 0.173 e. The lowest BCUT2D eigenvalue weighted by Gasteiger charge is -2.12. The molecule has 6 nitrogen and oxygen atoms in total. The van der Waals surface area contributed by atoms with Crippen LogP contribution in [0.3, 0.4) is 0 Å². The molecule has 0 saturated carbocycles. The lowest BCUT2D eigenvalue weighted by molar-refractivity contribution is -0.122. The third-order valence-corrected chi connectivity index (χ3v) is 1.78. The van der Waals surface area contributed by atoms with Gasteiger partial charge in [0, 0.05) is 0 Å². The third kappa shape index (κ3) is 2.59. The van der Waals surface area contributed by atoms with Gasteiger partial charge < -0.3 is 5.73 Å². The van der Waals surface area contributed by atoms with Gasteiger partial charge in [0.05, 0.1) is 6.04 Å². The third-order valence-electron chi connectivity index (χ3n) is 1.78. The first-order valence-corrected chi connectivity index (χ1v) is 4.10. The summed E-state index contributed by atoms with van der Waals surface area (Å²) < 4.78 is 0. The number of nitrogens with two attached hydrogens (primary N) is 1. The highest BCUT2D eigenvalue weighted by Crippen LogP contribution is 2.00. The van der Waals surface area contributed by atoms with Crippen LogP contribution in [0.4, 0.5) is 0 Å². The van der Waals surface area contributed by atoms with E-state index in [0.29, 0.717) is 0 Å². The summed E-state index contributed by atoms with van der Waals surface area (Å²) in [6, 6.07) is -0.453. The fraction of sp³-hybridized carbons (Fsp3) is 0.714. The van der Waals surface area contributed by atoms with Crippen LogP contribution in [0.15, 0.2) is 6.33 Å². The van der Waals surface area contributed by atoms with Crippen LogP contribution in [-0.4, -0.2) is 32.0 Å². The minimum Gasteiger partial charge on any atom is -0.321 e. The van der Waals surface area contributed by atoms with E-state index in [9.17, 15) is 4.79 Å². The van der Waals surface area contributed by atoms with Gasteiger partial charge in [-0.3, -0.25) is 4.79 Å². The predicted octanol–water partition coefficient (Wildman–Crippen LogP) is -0.774. The highest BCUT2D eigenvalue weighted by atomic mass is 16.1. The Morgan fingerprint density at radius 1 is 1.62 bits per heavy atom. The van der Waals surface area contributed by atoms with Crippen LogP contribution in [-0.2, 0) is 11.3 Å². The number of ketones is 1. The molecule has 1 atom stereocenters. The van der Waals surface area contributed by atoms with Gasteiger partial charge in [-0.2, -0.15) is 4.80 Å². The molecule has 0 spiro atoms. The summed E-state index contributed by atoms with van der Waals surface area (Å²) in [6.45, 7) is 3.90. The van der Waals surface area contributed by atoms with Crippen molar-refractivity contribution in [3.63, 3.8) is 0 Å². The first-order valence-electron chi connectivity index (χ1n) is 4.10. The van der Waals surface area contributed by atoms with Crippen LogP contribution in [0.5, 0.6) is 0 Å². The number of hydrogen-bond acceptors (Lipinski definition) is 5. The molecule has 1 aromatic heterocycles. The summed E-state index contributed by atoms with van der Waals surface area (Å²) >= 11 is 0. The number of rotatable bonds is 4. The van der Waals surface area contributed by atoms with Gasteiger partial charge in [-0.25, -0.2) is 0 Å². The van der Waals surface area contributed by atoms with Crippen LogP contribution < -0.4 is 5.73 Å². The Kier molecular flexibility index (Phi) is 3.07. The average molecular weight is 183 g/mol. The molecule has 0 saturated heterocycles. The molecule has 13 heavy (non-hydrogen) atoms. The van der Waals surface area contributed by atoms with Crippen LogP contribution in [0.25, 0.3) is 0 Å². The average Bonchev–Trinajstić information content (AvgIpc) is 2.55. The Hall–Kier alpha value is -1.30. The molecule has 1 heterocycles. The highest BCUT2D eigenvalue weighted by molar-refractivity contribution is 5.83. The van der Waals surface area contributed by atoms with E-state index in [-0.39, 0.29) is 18.2 Å². The largest absolute Gasteiger partial charge is 0.321 e. The van der Waals surface area contributed by atoms with E-state index in [1.54, 1.807) is 0 Å². The number of aromatic nitrogens is 4. The maximum absolute atomic E-state index is 11.4. The lowest BCUT2D eigenvalue weighted by Crippen LogP contribution is -2.38. The van der Waals surface area contributed by atoms with Crippen molar-refractivity contribution >= 4 is 5.78 Å². The van der Waals surface area contributed by atoms with Crippen molar-refractivity contribution in [1.82, 2.24) is 20.2 Å². The minimum absolute atomic E-state index is 0.0759. The normalized spacial score (nSPS) is 13.2. The quantitative estimate of drug-likeness (QED) is 0.662. The molecular weight excluding hydrogens is 170 g/mol. The van der Waals surface area contributed by atoms with Crippen LogP contribution >= 0.6 is 0 Å². The summed E-state index contributed by atoms with van der Waals surface area (Å²) in [5, 5.41) is 10.8. The molecule has 0 radical (unpaired) electrons. The van der Waals surface area contributed by atoms with E-state index in [0.717, 1.165) is 0 Å². The zero-order chi connectivity index (χ0) is 9.84. The summed E-state index contributed by atoms with van der Waals surface area (Å²) in [6.07, 6.45) is 1.29. The van der Waals surface area contributed by atoms with Crippen molar-refractivity contribution in [2.24, 2.45) is 11.7 Å². The van der Waals surface area contributed by atoms with Gasteiger partial charge in [0.1, 0.15) is 6.54 Å². The zero-order valence-electron chi connectivity index (χ0n) is 7.71. The fourth-order valence-electron chi connectivity index (χ4n) is 0.878. The van der Waals surface area contributed by atoms with E-state index < -0.39 is 6.04 Å². The minimum atomic E-state index is -0.453. The number of hydrogen-bond donors (Lipinski definition) is 1. The van der Waals surface area contributed by atoms with Gasteiger partial charge in [0.2, 0.25) is 0 Å². The second-order valence-corrected chi connectivity index (χ2v) is 3.20. The Morgan fingerprint density at radius 2 is 2.31 bits per heavy atom. The Balaban J connectivity index is 2.51. The van der Waals surface area contributed by atoms with Crippen molar-refractivity contribution in [3.8, 4) is 0 Å². The van der Waals surface area contributed by atoms with Gasteiger partial charge in [0.15, 0.2) is 12.1 Å². The maximum atomic E-state index is 11.4. The molecule has 72 valence electrons. The number of tetrazole rings is 1. The molecule has 0 fully saturated rings. The molecule has 2 N–H and O–H groups in total. The van der Waals surface area contributed by atoms with Gasteiger partial charge >= 0.3 is 0 Å². The van der Waals surface area contributed by atoms with Crippen molar-refractivity contribution in [3.05, 3.63) is 6.33 Å². The van der Waals surface area contributed by atoms with Gasteiger partial charge in [0.25, 0.3) is 0 Å². The van der Waals surface area contributed by atoms with E-state index in [2.05, 4.69) is 15.4 Å². The van der Waals surface area contributed by atoms with Gasteiger partial charge in [-0.05, 0) is 11.1 Å². The van der Waals surface area contributed by atoms with Crippen LogP contribution in [0.2, 0.25) is 0 Å². The molecule has 0 aromatic carbocycles. The molecular formula is C7H13N5O. The molecule has 0 aliphatic carbocycles. The molecule has 1 rings (SSSR count). The fourth-order valence-corrected chi connectivity index (χ4v) is 0.878. The molecule has 0 bridgehead atoms. The van der Waals surface area contributed by atoms with Gasteiger partial charge in [-0.15, -0.1) is 10.2 Å². The van der Waals surface area contributed by atoms with E-state index in [1.807, 2.05) is 13.8 Å². The molecule has 0 aliphatic rings. The Morgan fingerprint density at radius 3 is 2.77 bits per heavy atom. The molecule has 1 unspecified atom stereocenters. The number of Topliss-reactive ketones (excluding diaryl/α,β-unsaturated/α-hetero) is 1. The molecule has 0 aliphatic heterocycles. The number of nitrogens with zero attached hydrogens (tertiary/aromatic N) is 4. The van der Waals surface area contributed by atoms with Gasteiger partial charge in [-0.1, -0.05) is 13.8 Å². The molecule has 0 amide bonds. The summed E-state index contributed by atoms with van der Waals surface area (Å²) in [4.78, 5) is 12.6. The first kappa shape index (κ1) is 9.79. The highest BCUT2D eigenvalue weighted by Gasteiger charge is 2.17. The molecule has 1 aromatic rings. The summed E-state index contributed by atoms with van der Waals surface area (Å²) in [5.74, 6) is 0.0593. The van der Waals surface area contributed by atoms with Crippen molar-refractivity contribution in [2.75, 3.05) is 0 Å². The predicted molar refractivity (Wildman–Crippen MR) is 45.6 cm³/mol. The monoisotopic (exact) mass is 183 g/mol. The lowest BCUT2D eigenvalue weighted by atomic mass is 10.0. The zero-order valence-corrected chi connectivity index (χ0v) is 7.71. The second kappa shape index (κ2) is 4.08. The number of carbonyl (C=O) groups excluding carboxylic acids is 1. The first-order chi connectivity index (χ1) is 6.11. The van der Waals surface area contributed by atoms with Crippen molar-refractivity contribution in [2.45, 2.75) is 26.4 Å². The SMILES string of the molecule is CC(C)C(N)C(=O)Cn1ncnn1.